The van der Waals surface area contributed by atoms with Crippen LogP contribution in [0.15, 0.2) is 6.07 Å². The molecule has 18 heavy (non-hydrogen) atoms. The van der Waals surface area contributed by atoms with E-state index in [9.17, 15) is 0 Å². The maximum absolute atomic E-state index is 4.55. The minimum absolute atomic E-state index is 0.531. The maximum Gasteiger partial charge on any atom is 0.134 e. The van der Waals surface area contributed by atoms with Crippen molar-refractivity contribution in [3.8, 4) is 0 Å². The van der Waals surface area contributed by atoms with Crippen LogP contribution in [0.25, 0.3) is 0 Å². The Morgan fingerprint density at radius 1 is 1.22 bits per heavy atom. The van der Waals surface area contributed by atoms with Crippen molar-refractivity contribution >= 4 is 11.6 Å². The van der Waals surface area contributed by atoms with Gasteiger partial charge in [-0.15, -0.1) is 0 Å². The lowest BCUT2D eigenvalue weighted by atomic mass is 10.1. The fraction of sp³-hybridized carbons (Fsp3) is 0.692. The summed E-state index contributed by atoms with van der Waals surface area (Å²) < 4.78 is 0. The predicted molar refractivity (Wildman–Crippen MR) is 75.4 cm³/mol. The van der Waals surface area contributed by atoms with Gasteiger partial charge in [0.2, 0.25) is 0 Å². The lowest BCUT2D eigenvalue weighted by Gasteiger charge is -2.33. The van der Waals surface area contributed by atoms with Crippen LogP contribution in [0.4, 0.5) is 11.6 Å². The molecule has 1 saturated heterocycles. The number of rotatable bonds is 3. The normalized spacial score (nSPS) is 19.7. The number of hydrogen-bond donors (Lipinski definition) is 1. The highest BCUT2D eigenvalue weighted by molar-refractivity contribution is 5.50. The predicted octanol–water partition coefficient (Wildman–Crippen LogP) is 1.04. The van der Waals surface area contributed by atoms with Crippen molar-refractivity contribution in [2.45, 2.75) is 25.8 Å². The van der Waals surface area contributed by atoms with E-state index in [1.54, 1.807) is 0 Å². The number of aromatic nitrogens is 2. The molecule has 5 heteroatoms. The van der Waals surface area contributed by atoms with Crippen LogP contribution < -0.4 is 15.1 Å². The molecule has 1 N–H and O–H groups in total. The molecular formula is C13H23N5. The average Bonchev–Trinajstić information content (AvgIpc) is 2.38. The van der Waals surface area contributed by atoms with Crippen LogP contribution in [-0.4, -0.2) is 50.2 Å². The standard InChI is InChI=1S/C13H23N5/c1-10-15-12(17(2)3)8-13(16-10)18(4)11-6-5-7-14-9-11/h8,11,14H,5-7,9H2,1-4H3. The van der Waals surface area contributed by atoms with E-state index < -0.39 is 0 Å². The molecule has 0 aromatic carbocycles. The zero-order chi connectivity index (χ0) is 13.1. The molecule has 2 heterocycles. The van der Waals surface area contributed by atoms with Crippen LogP contribution in [0, 0.1) is 6.92 Å². The van der Waals surface area contributed by atoms with E-state index in [1.165, 1.54) is 12.8 Å². The number of nitrogens with one attached hydrogen (secondary N) is 1. The first-order valence-corrected chi connectivity index (χ1v) is 6.54. The molecule has 0 spiro atoms. The Morgan fingerprint density at radius 3 is 2.56 bits per heavy atom. The summed E-state index contributed by atoms with van der Waals surface area (Å²) in [5.41, 5.74) is 0. The third kappa shape index (κ3) is 2.90. The van der Waals surface area contributed by atoms with Gasteiger partial charge in [-0.1, -0.05) is 0 Å². The Kier molecular flexibility index (Phi) is 4.01. The third-order valence-electron chi connectivity index (χ3n) is 3.45. The Morgan fingerprint density at radius 2 is 1.94 bits per heavy atom. The molecule has 0 saturated carbocycles. The monoisotopic (exact) mass is 249 g/mol. The quantitative estimate of drug-likeness (QED) is 0.867. The summed E-state index contributed by atoms with van der Waals surface area (Å²) in [5, 5.41) is 3.44. The Bertz CT molecular complexity index is 398. The molecular weight excluding hydrogens is 226 g/mol. The van der Waals surface area contributed by atoms with Crippen molar-refractivity contribution in [1.29, 1.82) is 0 Å². The highest BCUT2D eigenvalue weighted by Crippen LogP contribution is 2.20. The molecule has 0 bridgehead atoms. The minimum Gasteiger partial charge on any atom is -0.363 e. The van der Waals surface area contributed by atoms with E-state index in [-0.39, 0.29) is 0 Å². The van der Waals surface area contributed by atoms with Gasteiger partial charge in [0, 0.05) is 39.8 Å². The maximum atomic E-state index is 4.55. The third-order valence-corrected chi connectivity index (χ3v) is 3.45. The second-order valence-electron chi connectivity index (χ2n) is 5.14. The van der Waals surface area contributed by atoms with Crippen LogP contribution >= 0.6 is 0 Å². The van der Waals surface area contributed by atoms with Crippen LogP contribution in [0.2, 0.25) is 0 Å². The second kappa shape index (κ2) is 5.52. The van der Waals surface area contributed by atoms with Gasteiger partial charge in [-0.2, -0.15) is 0 Å². The molecule has 0 aliphatic carbocycles. The molecule has 1 unspecified atom stereocenters. The summed E-state index contributed by atoms with van der Waals surface area (Å²) in [7, 11) is 6.14. The average molecular weight is 249 g/mol. The molecule has 5 nitrogen and oxygen atoms in total. The summed E-state index contributed by atoms with van der Waals surface area (Å²) in [6, 6.07) is 2.59. The fourth-order valence-corrected chi connectivity index (χ4v) is 2.30. The molecule has 1 aromatic heterocycles. The molecule has 2 rings (SSSR count). The van der Waals surface area contributed by atoms with Gasteiger partial charge in [-0.3, -0.25) is 0 Å². The van der Waals surface area contributed by atoms with E-state index in [0.29, 0.717) is 6.04 Å². The largest absolute Gasteiger partial charge is 0.363 e. The van der Waals surface area contributed by atoms with Gasteiger partial charge in [0.1, 0.15) is 17.5 Å². The van der Waals surface area contributed by atoms with Crippen molar-refractivity contribution in [2.24, 2.45) is 0 Å². The van der Waals surface area contributed by atoms with Gasteiger partial charge in [0.15, 0.2) is 0 Å². The molecule has 0 radical (unpaired) electrons. The van der Waals surface area contributed by atoms with Gasteiger partial charge < -0.3 is 15.1 Å². The minimum atomic E-state index is 0.531. The molecule has 1 aliphatic rings. The molecule has 1 aromatic rings. The second-order valence-corrected chi connectivity index (χ2v) is 5.14. The number of hydrogen-bond acceptors (Lipinski definition) is 5. The molecule has 1 aliphatic heterocycles. The van der Waals surface area contributed by atoms with Crippen molar-refractivity contribution in [1.82, 2.24) is 15.3 Å². The van der Waals surface area contributed by atoms with Gasteiger partial charge in [0.05, 0.1) is 0 Å². The lowest BCUT2D eigenvalue weighted by molar-refractivity contribution is 0.443. The molecule has 0 amide bonds. The van der Waals surface area contributed by atoms with E-state index in [4.69, 9.17) is 0 Å². The number of piperidine rings is 1. The highest BCUT2D eigenvalue weighted by Gasteiger charge is 2.19. The Hall–Kier alpha value is -1.36. The van der Waals surface area contributed by atoms with Gasteiger partial charge in [0.25, 0.3) is 0 Å². The first-order chi connectivity index (χ1) is 8.58. The summed E-state index contributed by atoms with van der Waals surface area (Å²) in [6.45, 7) is 4.12. The van der Waals surface area contributed by atoms with Crippen LogP contribution in [0.1, 0.15) is 18.7 Å². The smallest absolute Gasteiger partial charge is 0.134 e. The van der Waals surface area contributed by atoms with E-state index >= 15 is 0 Å². The van der Waals surface area contributed by atoms with Crippen molar-refractivity contribution in [2.75, 3.05) is 44.0 Å². The Labute approximate surface area is 109 Å². The SMILES string of the molecule is Cc1nc(N(C)C)cc(N(C)C2CCCNC2)n1. The van der Waals surface area contributed by atoms with Gasteiger partial charge >= 0.3 is 0 Å². The molecule has 1 fully saturated rings. The van der Waals surface area contributed by atoms with E-state index in [0.717, 1.165) is 30.5 Å². The number of likely N-dealkylation sites (N-methyl/N-ethyl adjacent to an activating group) is 1. The highest BCUT2D eigenvalue weighted by atomic mass is 15.2. The van der Waals surface area contributed by atoms with Crippen molar-refractivity contribution in [3.05, 3.63) is 11.9 Å². The Balaban J connectivity index is 2.20. The molecule has 1 atom stereocenters. The van der Waals surface area contributed by atoms with Gasteiger partial charge in [-0.25, -0.2) is 9.97 Å². The zero-order valence-corrected chi connectivity index (χ0v) is 11.8. The van der Waals surface area contributed by atoms with Crippen LogP contribution in [0.3, 0.4) is 0 Å². The van der Waals surface area contributed by atoms with E-state index in [2.05, 4.69) is 33.3 Å². The summed E-state index contributed by atoms with van der Waals surface area (Å²) in [5.74, 6) is 2.81. The van der Waals surface area contributed by atoms with Crippen LogP contribution in [0.5, 0.6) is 0 Å². The summed E-state index contributed by atoms with van der Waals surface area (Å²) in [4.78, 5) is 13.3. The number of nitrogens with zero attached hydrogens (tertiary/aromatic N) is 4. The van der Waals surface area contributed by atoms with Crippen LogP contribution in [-0.2, 0) is 0 Å². The lowest BCUT2D eigenvalue weighted by Crippen LogP contribution is -2.44. The number of anilines is 2. The first kappa shape index (κ1) is 13.1. The number of aryl methyl sites for hydroxylation is 1. The van der Waals surface area contributed by atoms with Crippen molar-refractivity contribution < 1.29 is 0 Å². The first-order valence-electron chi connectivity index (χ1n) is 6.54. The van der Waals surface area contributed by atoms with Gasteiger partial charge in [-0.05, 0) is 26.3 Å². The molecule has 100 valence electrons. The van der Waals surface area contributed by atoms with Crippen molar-refractivity contribution in [3.63, 3.8) is 0 Å². The van der Waals surface area contributed by atoms with E-state index in [1.807, 2.05) is 25.9 Å². The summed E-state index contributed by atoms with van der Waals surface area (Å²) in [6.07, 6.45) is 2.46. The summed E-state index contributed by atoms with van der Waals surface area (Å²) >= 11 is 0. The topological polar surface area (TPSA) is 44.3 Å². The zero-order valence-electron chi connectivity index (χ0n) is 11.8. The fourth-order valence-electron chi connectivity index (χ4n) is 2.30.